The van der Waals surface area contributed by atoms with Gasteiger partial charge in [0.1, 0.15) is 0 Å². The molecule has 1 aliphatic carbocycles. The fraction of sp³-hybridized carbons (Fsp3) is 1.00. The van der Waals surface area contributed by atoms with Crippen LogP contribution in [-0.4, -0.2) is 60.8 Å². The van der Waals surface area contributed by atoms with Crippen molar-refractivity contribution < 1.29 is 30.2 Å². The zero-order valence-electron chi connectivity index (χ0n) is 26.9. The van der Waals surface area contributed by atoms with Gasteiger partial charge in [0.05, 0.1) is 26.2 Å². The summed E-state index contributed by atoms with van der Waals surface area (Å²) in [4.78, 5) is 0. The predicted octanol–water partition coefficient (Wildman–Crippen LogP) is 6.55. The third-order valence-electron chi connectivity index (χ3n) is 9.89. The number of hydrogen-bond acceptors (Lipinski definition) is 3. The lowest BCUT2D eigenvalue weighted by Gasteiger charge is -2.52. The topological polar surface area (TPSA) is 27.7 Å². The maximum atomic E-state index is 5.79. The maximum Gasteiger partial charge on any atom is 0.500 e. The van der Waals surface area contributed by atoms with E-state index >= 15 is 0 Å². The summed E-state index contributed by atoms with van der Waals surface area (Å²) in [5.74, 6) is 0.859. The monoisotopic (exact) mass is 577 g/mol. The van der Waals surface area contributed by atoms with E-state index < -0.39 is 8.80 Å². The molecule has 38 heavy (non-hydrogen) atoms. The summed E-state index contributed by atoms with van der Waals surface area (Å²) in [6.07, 6.45) is 29.4. The lowest BCUT2D eigenvalue weighted by Crippen LogP contribution is -3.00. The summed E-state index contributed by atoms with van der Waals surface area (Å²) in [6.45, 7) is 6.02. The van der Waals surface area contributed by atoms with Crippen molar-refractivity contribution in [1.29, 1.82) is 0 Å². The zero-order chi connectivity index (χ0) is 27.5. The number of quaternary nitrogens is 1. The predicted molar refractivity (Wildman–Crippen MR) is 163 cm³/mol. The van der Waals surface area contributed by atoms with Gasteiger partial charge in [-0.1, -0.05) is 104 Å². The minimum absolute atomic E-state index is 0. The van der Waals surface area contributed by atoms with E-state index in [2.05, 4.69) is 27.9 Å². The average molecular weight is 578 g/mol. The van der Waals surface area contributed by atoms with Crippen molar-refractivity contribution >= 4 is 8.80 Å². The van der Waals surface area contributed by atoms with Gasteiger partial charge in [-0.3, -0.25) is 0 Å². The lowest BCUT2D eigenvalue weighted by atomic mass is 9.73. The molecule has 6 heteroatoms. The first kappa shape index (κ1) is 38.3. The van der Waals surface area contributed by atoms with Crippen LogP contribution < -0.4 is 12.4 Å². The van der Waals surface area contributed by atoms with E-state index in [0.717, 1.165) is 22.9 Å². The van der Waals surface area contributed by atoms with Crippen LogP contribution in [-0.2, 0) is 13.3 Å². The molecule has 0 heterocycles. The van der Waals surface area contributed by atoms with Crippen molar-refractivity contribution in [2.45, 2.75) is 160 Å². The minimum atomic E-state index is -2.53. The molecule has 0 N–H and O–H groups in total. The Hall–Kier alpha value is 0.347. The third-order valence-corrected chi connectivity index (χ3v) is 12.6. The molecular formula is C32H68ClNO3Si. The van der Waals surface area contributed by atoms with Crippen molar-refractivity contribution in [2.24, 2.45) is 5.92 Å². The number of nitrogens with zero attached hydrogens (tertiary/aromatic N) is 1. The van der Waals surface area contributed by atoms with Crippen LogP contribution in [0.2, 0.25) is 6.04 Å². The van der Waals surface area contributed by atoms with Gasteiger partial charge in [0, 0.05) is 46.6 Å². The highest BCUT2D eigenvalue weighted by molar-refractivity contribution is 6.60. The normalized spacial score (nSPS) is 20.4. The van der Waals surface area contributed by atoms with E-state index in [9.17, 15) is 0 Å². The molecule has 0 atom stereocenters. The van der Waals surface area contributed by atoms with Gasteiger partial charge < -0.3 is 30.2 Å². The van der Waals surface area contributed by atoms with Crippen LogP contribution in [0.15, 0.2) is 0 Å². The van der Waals surface area contributed by atoms with Gasteiger partial charge in [0.15, 0.2) is 0 Å². The van der Waals surface area contributed by atoms with Gasteiger partial charge in [-0.05, 0) is 31.6 Å². The summed E-state index contributed by atoms with van der Waals surface area (Å²) >= 11 is 0. The lowest BCUT2D eigenvalue weighted by molar-refractivity contribution is -0.944. The van der Waals surface area contributed by atoms with Crippen molar-refractivity contribution in [3.8, 4) is 0 Å². The molecule has 1 rings (SSSR count). The number of halogens is 1. The molecule has 0 aromatic heterocycles. The maximum absolute atomic E-state index is 5.79. The fourth-order valence-corrected chi connectivity index (χ4v) is 8.58. The van der Waals surface area contributed by atoms with E-state index in [4.69, 9.17) is 13.3 Å². The van der Waals surface area contributed by atoms with Crippen LogP contribution in [0.3, 0.4) is 0 Å². The molecule has 1 fully saturated rings. The van der Waals surface area contributed by atoms with Gasteiger partial charge in [-0.2, -0.15) is 0 Å². The Labute approximate surface area is 246 Å². The van der Waals surface area contributed by atoms with Crippen LogP contribution in [0.1, 0.15) is 149 Å². The summed E-state index contributed by atoms with van der Waals surface area (Å²) in [5.41, 5.74) is 0.329. The summed E-state index contributed by atoms with van der Waals surface area (Å²) in [7, 11) is 7.73. The first-order valence-electron chi connectivity index (χ1n) is 16.3. The molecule has 0 bridgehead atoms. The van der Waals surface area contributed by atoms with Crippen molar-refractivity contribution in [3.05, 3.63) is 0 Å². The Morgan fingerprint density at radius 1 is 0.658 bits per heavy atom. The van der Waals surface area contributed by atoms with Crippen LogP contribution >= 0.6 is 0 Å². The van der Waals surface area contributed by atoms with E-state index in [-0.39, 0.29) is 12.4 Å². The quantitative estimate of drug-likeness (QED) is 0.0740. The number of rotatable bonds is 24. The molecule has 0 amide bonds. The van der Waals surface area contributed by atoms with Crippen LogP contribution in [0.4, 0.5) is 0 Å². The average Bonchev–Trinajstić information content (AvgIpc) is 2.90. The number of unbranched alkanes of at least 4 members (excludes halogenated alkanes) is 15. The Bertz CT molecular complexity index is 529. The van der Waals surface area contributed by atoms with Gasteiger partial charge in [-0.15, -0.1) is 0 Å². The van der Waals surface area contributed by atoms with Crippen LogP contribution in [0.5, 0.6) is 0 Å². The molecule has 230 valence electrons. The standard InChI is InChI=1S/C32H68NO3Si.ClH/c1-8-9-10-11-12-13-14-15-16-17-18-19-20-21-22-23-29-33(3,4)32(26-24-31(2)25-27-32)28-30-37(34-5,35-6)36-7;/h31H,8-30H2,1-7H3;1H/q+1;/p-1. The molecule has 0 aromatic rings. The first-order chi connectivity index (χ1) is 17.8. The molecule has 4 nitrogen and oxygen atoms in total. The molecule has 0 spiro atoms. The summed E-state index contributed by atoms with van der Waals surface area (Å²) < 4.78 is 18.5. The molecule has 0 unspecified atom stereocenters. The molecule has 0 aromatic carbocycles. The highest BCUT2D eigenvalue weighted by atomic mass is 35.5. The van der Waals surface area contributed by atoms with Crippen molar-refractivity contribution in [3.63, 3.8) is 0 Å². The smallest absolute Gasteiger partial charge is 0.500 e. The molecule has 1 saturated carbocycles. The highest BCUT2D eigenvalue weighted by Crippen LogP contribution is 2.44. The largest absolute Gasteiger partial charge is 1.00 e. The number of hydrogen-bond donors (Lipinski definition) is 0. The Morgan fingerprint density at radius 3 is 1.39 bits per heavy atom. The van der Waals surface area contributed by atoms with Gasteiger partial charge in [-0.25, -0.2) is 0 Å². The molecule has 0 aliphatic heterocycles. The second kappa shape index (κ2) is 22.0. The fourth-order valence-electron chi connectivity index (χ4n) is 6.69. The summed E-state index contributed by atoms with van der Waals surface area (Å²) in [5, 5.41) is 0. The van der Waals surface area contributed by atoms with E-state index in [1.54, 1.807) is 21.3 Å². The van der Waals surface area contributed by atoms with Gasteiger partial charge in [0.25, 0.3) is 0 Å². The Kier molecular flexibility index (Phi) is 22.2. The zero-order valence-corrected chi connectivity index (χ0v) is 28.6. The molecule has 0 radical (unpaired) electrons. The van der Waals surface area contributed by atoms with E-state index in [0.29, 0.717) is 5.54 Å². The highest BCUT2D eigenvalue weighted by Gasteiger charge is 2.50. The Balaban J connectivity index is 0.0000137. The van der Waals surface area contributed by atoms with Crippen molar-refractivity contribution in [2.75, 3.05) is 42.0 Å². The van der Waals surface area contributed by atoms with Crippen LogP contribution in [0, 0.1) is 5.92 Å². The molecule has 0 saturated heterocycles. The van der Waals surface area contributed by atoms with E-state index in [1.165, 1.54) is 135 Å². The second-order valence-electron chi connectivity index (χ2n) is 12.9. The minimum Gasteiger partial charge on any atom is -1.00 e. The second-order valence-corrected chi connectivity index (χ2v) is 16.0. The SMILES string of the molecule is CCCCCCCCCCCCCCCCCC[N+](C)(C)C1(CC[Si](OC)(OC)OC)CCC(C)CC1.[Cl-]. The Morgan fingerprint density at radius 2 is 1.03 bits per heavy atom. The van der Waals surface area contributed by atoms with E-state index in [1.807, 2.05) is 0 Å². The third kappa shape index (κ3) is 14.3. The molecule has 1 aliphatic rings. The van der Waals surface area contributed by atoms with Gasteiger partial charge in [0.2, 0.25) is 0 Å². The summed E-state index contributed by atoms with van der Waals surface area (Å²) in [6, 6.07) is 0.922. The first-order valence-corrected chi connectivity index (χ1v) is 18.2. The van der Waals surface area contributed by atoms with Crippen molar-refractivity contribution in [1.82, 2.24) is 0 Å². The van der Waals surface area contributed by atoms with Gasteiger partial charge >= 0.3 is 8.80 Å². The molecular weight excluding hydrogens is 510 g/mol. The van der Waals surface area contributed by atoms with Crippen LogP contribution in [0.25, 0.3) is 0 Å².